The van der Waals surface area contributed by atoms with E-state index in [-0.39, 0.29) is 0 Å². The standard InChI is InChI=1S/C17H34N2O2/c1-16-5-3-6-17(13-16,14-18-7-11-20-2)15-19-8-4-10-21-12-9-19/h16,18H,3-15H2,1-2H3. The highest BCUT2D eigenvalue weighted by molar-refractivity contribution is 4.90. The Morgan fingerprint density at radius 3 is 3.00 bits per heavy atom. The molecule has 2 rings (SSSR count). The van der Waals surface area contributed by atoms with Crippen LogP contribution in [-0.2, 0) is 9.47 Å². The van der Waals surface area contributed by atoms with Gasteiger partial charge in [0.15, 0.2) is 0 Å². The predicted molar refractivity (Wildman–Crippen MR) is 86.7 cm³/mol. The highest BCUT2D eigenvalue weighted by Crippen LogP contribution is 2.39. The van der Waals surface area contributed by atoms with Crippen LogP contribution in [0.15, 0.2) is 0 Å². The average molecular weight is 298 g/mol. The van der Waals surface area contributed by atoms with E-state index in [9.17, 15) is 0 Å². The van der Waals surface area contributed by atoms with Crippen molar-refractivity contribution in [2.24, 2.45) is 11.3 Å². The van der Waals surface area contributed by atoms with Crippen molar-refractivity contribution in [2.75, 3.05) is 59.7 Å². The van der Waals surface area contributed by atoms with E-state index in [1.54, 1.807) is 7.11 Å². The van der Waals surface area contributed by atoms with Gasteiger partial charge < -0.3 is 19.7 Å². The van der Waals surface area contributed by atoms with Crippen molar-refractivity contribution < 1.29 is 9.47 Å². The summed E-state index contributed by atoms with van der Waals surface area (Å²) in [6, 6.07) is 0. The summed E-state index contributed by atoms with van der Waals surface area (Å²) in [5, 5.41) is 3.64. The predicted octanol–water partition coefficient (Wildman–Crippen LogP) is 2.14. The first-order valence-corrected chi connectivity index (χ1v) is 8.74. The highest BCUT2D eigenvalue weighted by atomic mass is 16.5. The molecule has 21 heavy (non-hydrogen) atoms. The summed E-state index contributed by atoms with van der Waals surface area (Å²) in [5.41, 5.74) is 0.454. The lowest BCUT2D eigenvalue weighted by Gasteiger charge is -2.43. The molecule has 0 aromatic heterocycles. The molecule has 0 amide bonds. The Morgan fingerprint density at radius 2 is 2.19 bits per heavy atom. The molecule has 0 aromatic rings. The van der Waals surface area contributed by atoms with Gasteiger partial charge in [-0.2, -0.15) is 0 Å². The number of methoxy groups -OCH3 is 1. The fourth-order valence-corrected chi connectivity index (χ4v) is 4.09. The van der Waals surface area contributed by atoms with Gasteiger partial charge in [-0.3, -0.25) is 0 Å². The molecule has 1 heterocycles. The third kappa shape index (κ3) is 5.85. The second-order valence-electron chi connectivity index (χ2n) is 7.11. The van der Waals surface area contributed by atoms with E-state index in [2.05, 4.69) is 17.1 Å². The van der Waals surface area contributed by atoms with Crippen molar-refractivity contribution in [3.63, 3.8) is 0 Å². The number of hydrogen-bond donors (Lipinski definition) is 1. The van der Waals surface area contributed by atoms with Crippen LogP contribution in [0.5, 0.6) is 0 Å². The minimum atomic E-state index is 0.454. The Kier molecular flexibility index (Phi) is 7.44. The average Bonchev–Trinajstić information content (AvgIpc) is 2.72. The lowest BCUT2D eigenvalue weighted by molar-refractivity contribution is 0.0736. The van der Waals surface area contributed by atoms with E-state index in [0.29, 0.717) is 5.41 Å². The fourth-order valence-electron chi connectivity index (χ4n) is 4.09. The van der Waals surface area contributed by atoms with Crippen molar-refractivity contribution in [1.29, 1.82) is 0 Å². The number of hydrogen-bond acceptors (Lipinski definition) is 4. The van der Waals surface area contributed by atoms with E-state index < -0.39 is 0 Å². The third-order valence-corrected chi connectivity index (χ3v) is 5.04. The van der Waals surface area contributed by atoms with Crippen LogP contribution in [0.25, 0.3) is 0 Å². The molecule has 0 spiro atoms. The Labute approximate surface area is 130 Å². The van der Waals surface area contributed by atoms with Crippen LogP contribution >= 0.6 is 0 Å². The van der Waals surface area contributed by atoms with Gasteiger partial charge in [-0.25, -0.2) is 0 Å². The normalized spacial score (nSPS) is 32.0. The molecule has 0 radical (unpaired) electrons. The highest BCUT2D eigenvalue weighted by Gasteiger charge is 2.36. The molecule has 1 N–H and O–H groups in total. The van der Waals surface area contributed by atoms with Crippen molar-refractivity contribution in [3.8, 4) is 0 Å². The Balaban J connectivity index is 1.90. The number of ether oxygens (including phenoxy) is 2. The van der Waals surface area contributed by atoms with Crippen LogP contribution in [0.2, 0.25) is 0 Å². The molecule has 0 bridgehead atoms. The number of nitrogens with zero attached hydrogens (tertiary/aromatic N) is 1. The minimum absolute atomic E-state index is 0.454. The summed E-state index contributed by atoms with van der Waals surface area (Å²) in [4.78, 5) is 2.64. The zero-order valence-corrected chi connectivity index (χ0v) is 14.0. The van der Waals surface area contributed by atoms with Crippen molar-refractivity contribution in [3.05, 3.63) is 0 Å². The van der Waals surface area contributed by atoms with Gasteiger partial charge in [0.2, 0.25) is 0 Å². The van der Waals surface area contributed by atoms with Crippen LogP contribution in [0.3, 0.4) is 0 Å². The lowest BCUT2D eigenvalue weighted by atomic mass is 9.69. The van der Waals surface area contributed by atoms with E-state index in [0.717, 1.165) is 45.4 Å². The smallest absolute Gasteiger partial charge is 0.0593 e. The largest absolute Gasteiger partial charge is 0.383 e. The SMILES string of the molecule is COCCNCC1(CN2CCCOCC2)CCCC(C)C1. The fraction of sp³-hybridized carbons (Fsp3) is 1.00. The first-order valence-electron chi connectivity index (χ1n) is 8.74. The summed E-state index contributed by atoms with van der Waals surface area (Å²) < 4.78 is 10.8. The molecule has 2 fully saturated rings. The molecule has 2 atom stereocenters. The van der Waals surface area contributed by atoms with Gasteiger partial charge in [0.05, 0.1) is 13.2 Å². The third-order valence-electron chi connectivity index (χ3n) is 5.04. The molecule has 1 saturated heterocycles. The number of nitrogens with one attached hydrogen (secondary N) is 1. The van der Waals surface area contributed by atoms with Crippen LogP contribution in [-0.4, -0.2) is 64.6 Å². The van der Waals surface area contributed by atoms with Crippen molar-refractivity contribution >= 4 is 0 Å². The molecule has 4 heteroatoms. The number of rotatable bonds is 7. The Hall–Kier alpha value is -0.160. The molecule has 1 saturated carbocycles. The van der Waals surface area contributed by atoms with Gasteiger partial charge in [-0.1, -0.05) is 19.8 Å². The van der Waals surface area contributed by atoms with Gasteiger partial charge in [0, 0.05) is 46.4 Å². The molecular formula is C17H34N2O2. The molecule has 124 valence electrons. The van der Waals surface area contributed by atoms with E-state index >= 15 is 0 Å². The first-order chi connectivity index (χ1) is 10.2. The molecule has 1 aliphatic heterocycles. The van der Waals surface area contributed by atoms with Gasteiger partial charge in [-0.05, 0) is 30.6 Å². The van der Waals surface area contributed by atoms with Crippen molar-refractivity contribution in [1.82, 2.24) is 10.2 Å². The van der Waals surface area contributed by atoms with Gasteiger partial charge >= 0.3 is 0 Å². The van der Waals surface area contributed by atoms with E-state index in [4.69, 9.17) is 9.47 Å². The molecule has 1 aliphatic carbocycles. The van der Waals surface area contributed by atoms with Gasteiger partial charge in [0.25, 0.3) is 0 Å². The minimum Gasteiger partial charge on any atom is -0.383 e. The summed E-state index contributed by atoms with van der Waals surface area (Å²) in [6.07, 6.45) is 6.71. The van der Waals surface area contributed by atoms with E-state index in [1.807, 2.05) is 0 Å². The zero-order valence-electron chi connectivity index (χ0n) is 14.0. The summed E-state index contributed by atoms with van der Waals surface area (Å²) >= 11 is 0. The summed E-state index contributed by atoms with van der Waals surface area (Å²) in [6.45, 7) is 10.7. The second-order valence-corrected chi connectivity index (χ2v) is 7.11. The molecular weight excluding hydrogens is 264 g/mol. The van der Waals surface area contributed by atoms with Gasteiger partial charge in [0.1, 0.15) is 0 Å². The summed E-state index contributed by atoms with van der Waals surface area (Å²) in [7, 11) is 1.78. The summed E-state index contributed by atoms with van der Waals surface area (Å²) in [5.74, 6) is 0.867. The Bertz CT molecular complexity index is 280. The monoisotopic (exact) mass is 298 g/mol. The first kappa shape index (κ1) is 17.2. The maximum Gasteiger partial charge on any atom is 0.0593 e. The molecule has 0 aromatic carbocycles. The van der Waals surface area contributed by atoms with Crippen LogP contribution in [0, 0.1) is 11.3 Å². The zero-order chi connectivity index (χ0) is 15.0. The lowest BCUT2D eigenvalue weighted by Crippen LogP contribution is -2.47. The van der Waals surface area contributed by atoms with Crippen LogP contribution in [0.4, 0.5) is 0 Å². The van der Waals surface area contributed by atoms with Crippen LogP contribution in [0.1, 0.15) is 39.0 Å². The topological polar surface area (TPSA) is 33.7 Å². The molecule has 4 nitrogen and oxygen atoms in total. The maximum atomic E-state index is 5.61. The molecule has 2 aliphatic rings. The van der Waals surface area contributed by atoms with Gasteiger partial charge in [-0.15, -0.1) is 0 Å². The van der Waals surface area contributed by atoms with E-state index in [1.165, 1.54) is 45.2 Å². The Morgan fingerprint density at radius 1 is 1.29 bits per heavy atom. The quantitative estimate of drug-likeness (QED) is 0.730. The second kappa shape index (κ2) is 9.09. The molecule has 2 unspecified atom stereocenters. The maximum absolute atomic E-state index is 5.61. The van der Waals surface area contributed by atoms with Crippen molar-refractivity contribution in [2.45, 2.75) is 39.0 Å². The van der Waals surface area contributed by atoms with Crippen LogP contribution < -0.4 is 5.32 Å².